The normalized spacial score (nSPS) is 13.8. The molecule has 0 radical (unpaired) electrons. The van der Waals surface area contributed by atoms with Gasteiger partial charge >= 0.3 is 11.6 Å². The second kappa shape index (κ2) is 3.96. The maximum Gasteiger partial charge on any atom is 0.336 e. The summed E-state index contributed by atoms with van der Waals surface area (Å²) in [4.78, 5) is 22.2. The molecular formula is C13H10O5. The van der Waals surface area contributed by atoms with E-state index in [0.717, 1.165) is 11.1 Å². The number of hydrogen-bond donors (Lipinski definition) is 1. The lowest BCUT2D eigenvalue weighted by atomic mass is 10.0. The molecule has 0 aliphatic carbocycles. The van der Waals surface area contributed by atoms with Crippen molar-refractivity contribution in [3.63, 3.8) is 0 Å². The van der Waals surface area contributed by atoms with Crippen molar-refractivity contribution >= 4 is 16.9 Å². The molecule has 0 bridgehead atoms. The third kappa shape index (κ3) is 1.78. The summed E-state index contributed by atoms with van der Waals surface area (Å²) < 4.78 is 10.4. The summed E-state index contributed by atoms with van der Waals surface area (Å²) >= 11 is 0. The quantitative estimate of drug-likeness (QED) is 0.811. The number of hydrogen-bond acceptors (Lipinski definition) is 4. The SMILES string of the molecule is O=C(O)Cc1cc(=O)oc2cc3c(cc12)COC3. The molecular weight excluding hydrogens is 236 g/mol. The molecule has 0 saturated heterocycles. The van der Waals surface area contributed by atoms with Crippen molar-refractivity contribution in [1.29, 1.82) is 0 Å². The zero-order chi connectivity index (χ0) is 12.7. The van der Waals surface area contributed by atoms with E-state index in [1.54, 1.807) is 6.07 Å². The molecule has 1 aliphatic rings. The Morgan fingerprint density at radius 2 is 1.94 bits per heavy atom. The van der Waals surface area contributed by atoms with Crippen LogP contribution in [0.3, 0.4) is 0 Å². The molecule has 2 heterocycles. The standard InChI is InChI=1S/C13H10O5/c14-12(15)3-7-4-13(16)18-11-2-9-6-17-5-8(9)1-10(7)11/h1-2,4H,3,5-6H2,(H,14,15). The lowest BCUT2D eigenvalue weighted by Crippen LogP contribution is -2.06. The minimum Gasteiger partial charge on any atom is -0.481 e. The van der Waals surface area contributed by atoms with Gasteiger partial charge in [-0.15, -0.1) is 0 Å². The molecule has 0 amide bonds. The maximum absolute atomic E-state index is 11.4. The number of carbonyl (C=O) groups is 1. The van der Waals surface area contributed by atoms with Crippen LogP contribution in [0.25, 0.3) is 11.0 Å². The second-order valence-corrected chi connectivity index (χ2v) is 4.27. The molecule has 5 nitrogen and oxygen atoms in total. The van der Waals surface area contributed by atoms with Gasteiger partial charge in [0.1, 0.15) is 5.58 Å². The molecule has 1 N–H and O–H groups in total. The summed E-state index contributed by atoms with van der Waals surface area (Å²) in [5.74, 6) is -0.973. The first-order valence-corrected chi connectivity index (χ1v) is 5.51. The van der Waals surface area contributed by atoms with E-state index in [2.05, 4.69) is 0 Å². The van der Waals surface area contributed by atoms with Crippen molar-refractivity contribution in [3.05, 3.63) is 45.3 Å². The third-order valence-electron chi connectivity index (χ3n) is 3.01. The molecule has 0 unspecified atom stereocenters. The summed E-state index contributed by atoms with van der Waals surface area (Å²) in [7, 11) is 0. The van der Waals surface area contributed by atoms with E-state index >= 15 is 0 Å². The lowest BCUT2D eigenvalue weighted by molar-refractivity contribution is -0.136. The number of ether oxygens (including phenoxy) is 1. The van der Waals surface area contributed by atoms with Gasteiger partial charge in [-0.1, -0.05) is 0 Å². The van der Waals surface area contributed by atoms with Crippen molar-refractivity contribution < 1.29 is 19.1 Å². The fraction of sp³-hybridized carbons (Fsp3) is 0.231. The summed E-state index contributed by atoms with van der Waals surface area (Å²) in [5.41, 5.74) is 2.37. The van der Waals surface area contributed by atoms with E-state index in [1.807, 2.05) is 6.07 Å². The molecule has 1 aromatic heterocycles. The predicted molar refractivity (Wildman–Crippen MR) is 62.3 cm³/mol. The van der Waals surface area contributed by atoms with Crippen LogP contribution >= 0.6 is 0 Å². The van der Waals surface area contributed by atoms with Gasteiger partial charge in [0.15, 0.2) is 0 Å². The van der Waals surface area contributed by atoms with Gasteiger partial charge in [-0.05, 0) is 28.8 Å². The van der Waals surface area contributed by atoms with Crippen LogP contribution in [0.4, 0.5) is 0 Å². The second-order valence-electron chi connectivity index (χ2n) is 4.27. The average Bonchev–Trinajstić information content (AvgIpc) is 2.72. The van der Waals surface area contributed by atoms with Gasteiger partial charge in [-0.3, -0.25) is 4.79 Å². The van der Waals surface area contributed by atoms with E-state index in [9.17, 15) is 9.59 Å². The number of carboxylic acid groups (broad SMARTS) is 1. The van der Waals surface area contributed by atoms with Gasteiger partial charge in [0.25, 0.3) is 0 Å². The zero-order valence-corrected chi connectivity index (χ0v) is 9.43. The Hall–Kier alpha value is -2.14. The van der Waals surface area contributed by atoms with Gasteiger partial charge in [-0.2, -0.15) is 0 Å². The first kappa shape index (κ1) is 11.0. The molecule has 0 fully saturated rings. The van der Waals surface area contributed by atoms with Crippen LogP contribution in [0.5, 0.6) is 0 Å². The van der Waals surface area contributed by atoms with Crippen molar-refractivity contribution in [1.82, 2.24) is 0 Å². The average molecular weight is 246 g/mol. The van der Waals surface area contributed by atoms with Crippen LogP contribution in [-0.4, -0.2) is 11.1 Å². The molecule has 1 aromatic carbocycles. The fourth-order valence-corrected chi connectivity index (χ4v) is 2.21. The Balaban J connectivity index is 2.28. The van der Waals surface area contributed by atoms with Gasteiger partial charge in [-0.25, -0.2) is 4.79 Å². The molecule has 0 spiro atoms. The highest BCUT2D eigenvalue weighted by Gasteiger charge is 2.16. The molecule has 0 saturated carbocycles. The Labute approximate surface area is 102 Å². The van der Waals surface area contributed by atoms with Gasteiger partial charge < -0.3 is 14.3 Å². The first-order chi connectivity index (χ1) is 8.63. The van der Waals surface area contributed by atoms with Crippen LogP contribution in [0, 0.1) is 0 Å². The molecule has 0 atom stereocenters. The van der Waals surface area contributed by atoms with E-state index in [1.165, 1.54) is 6.07 Å². The first-order valence-electron chi connectivity index (χ1n) is 5.51. The lowest BCUT2D eigenvalue weighted by Gasteiger charge is -2.05. The number of fused-ring (bicyclic) bond motifs is 2. The maximum atomic E-state index is 11.4. The van der Waals surface area contributed by atoms with Gasteiger partial charge in [0.2, 0.25) is 0 Å². The van der Waals surface area contributed by atoms with E-state index in [0.29, 0.717) is 29.7 Å². The van der Waals surface area contributed by atoms with Crippen molar-refractivity contribution in [2.24, 2.45) is 0 Å². The largest absolute Gasteiger partial charge is 0.481 e. The molecule has 3 rings (SSSR count). The van der Waals surface area contributed by atoms with Crippen LogP contribution in [0.2, 0.25) is 0 Å². The number of benzene rings is 1. The molecule has 92 valence electrons. The molecule has 2 aromatic rings. The zero-order valence-electron chi connectivity index (χ0n) is 9.43. The van der Waals surface area contributed by atoms with Crippen molar-refractivity contribution in [3.8, 4) is 0 Å². The van der Waals surface area contributed by atoms with E-state index in [4.69, 9.17) is 14.3 Å². The molecule has 18 heavy (non-hydrogen) atoms. The van der Waals surface area contributed by atoms with Crippen molar-refractivity contribution in [2.75, 3.05) is 0 Å². The Morgan fingerprint density at radius 3 is 2.67 bits per heavy atom. The topological polar surface area (TPSA) is 76.7 Å². The Kier molecular flexibility index (Phi) is 2.41. The summed E-state index contributed by atoms with van der Waals surface area (Å²) in [5, 5.41) is 9.52. The van der Waals surface area contributed by atoms with Crippen LogP contribution < -0.4 is 5.63 Å². The van der Waals surface area contributed by atoms with Crippen molar-refractivity contribution in [2.45, 2.75) is 19.6 Å². The Bertz CT molecular complexity index is 698. The smallest absolute Gasteiger partial charge is 0.336 e. The van der Waals surface area contributed by atoms with Crippen LogP contribution in [0.15, 0.2) is 27.4 Å². The highest BCUT2D eigenvalue weighted by Crippen LogP contribution is 2.27. The highest BCUT2D eigenvalue weighted by molar-refractivity contribution is 5.85. The van der Waals surface area contributed by atoms with Gasteiger partial charge in [0, 0.05) is 11.5 Å². The number of aliphatic carboxylic acids is 1. The molecule has 5 heteroatoms. The minimum atomic E-state index is -0.973. The fourth-order valence-electron chi connectivity index (χ4n) is 2.21. The van der Waals surface area contributed by atoms with E-state index in [-0.39, 0.29) is 6.42 Å². The van der Waals surface area contributed by atoms with Crippen LogP contribution in [-0.2, 0) is 29.2 Å². The highest BCUT2D eigenvalue weighted by atomic mass is 16.5. The Morgan fingerprint density at radius 1 is 1.22 bits per heavy atom. The summed E-state index contributed by atoms with van der Waals surface area (Å²) in [6.45, 7) is 1.01. The number of rotatable bonds is 2. The predicted octanol–water partition coefficient (Wildman–Crippen LogP) is 1.45. The minimum absolute atomic E-state index is 0.193. The number of carboxylic acids is 1. The third-order valence-corrected chi connectivity index (χ3v) is 3.01. The monoisotopic (exact) mass is 246 g/mol. The van der Waals surface area contributed by atoms with Gasteiger partial charge in [0.05, 0.1) is 19.6 Å². The van der Waals surface area contributed by atoms with E-state index < -0.39 is 11.6 Å². The summed E-state index contributed by atoms with van der Waals surface area (Å²) in [6.07, 6.45) is -0.193. The summed E-state index contributed by atoms with van der Waals surface area (Å²) in [6, 6.07) is 4.84. The molecule has 1 aliphatic heterocycles. The van der Waals surface area contributed by atoms with Crippen LogP contribution in [0.1, 0.15) is 16.7 Å².